The van der Waals surface area contributed by atoms with Crippen LogP contribution in [0.2, 0.25) is 0 Å². The molecule has 1 unspecified atom stereocenters. The van der Waals surface area contributed by atoms with E-state index < -0.39 is 32.1 Å². The van der Waals surface area contributed by atoms with Crippen LogP contribution in [0.4, 0.5) is 0 Å². The van der Waals surface area contributed by atoms with E-state index in [-0.39, 0.29) is 56.8 Å². The van der Waals surface area contributed by atoms with Gasteiger partial charge in [-0.1, -0.05) is 135 Å². The molecule has 0 amide bonds. The zero-order valence-electron chi connectivity index (χ0n) is 33.2. The molecule has 0 radical (unpaired) electrons. The largest absolute Gasteiger partial charge is 0.498 e. The Labute approximate surface area is 321 Å². The van der Waals surface area contributed by atoms with Crippen molar-refractivity contribution in [2.24, 2.45) is 17.6 Å². The van der Waals surface area contributed by atoms with Crippen LogP contribution in [0.15, 0.2) is 24.5 Å². The van der Waals surface area contributed by atoms with Gasteiger partial charge in [0.25, 0.3) is 0 Å². The maximum absolute atomic E-state index is 12.7. The lowest BCUT2D eigenvalue weighted by Gasteiger charge is -2.19. The summed E-state index contributed by atoms with van der Waals surface area (Å²) in [6.07, 6.45) is 29.0. The molecule has 5 N–H and O–H groups in total. The number of nitrogens with two attached hydrogens (primary N) is 1. The highest BCUT2D eigenvalue weighted by Gasteiger charge is 2.39. The van der Waals surface area contributed by atoms with Gasteiger partial charge in [0.15, 0.2) is 6.10 Å². The first kappa shape index (κ1) is 49.4. The van der Waals surface area contributed by atoms with Crippen LogP contribution in [-0.2, 0) is 32.7 Å². The highest BCUT2D eigenvalue weighted by Crippen LogP contribution is 2.43. The molecule has 1 fully saturated rings. The van der Waals surface area contributed by atoms with E-state index in [9.17, 15) is 29.3 Å². The van der Waals surface area contributed by atoms with Gasteiger partial charge in [0.2, 0.25) is 0 Å². The third-order valence-corrected chi connectivity index (χ3v) is 10.8. The number of unbranched alkanes of at least 4 members (excludes halogenated alkanes) is 17. The Morgan fingerprint density at radius 1 is 0.868 bits per heavy atom. The van der Waals surface area contributed by atoms with Crippen LogP contribution in [0.3, 0.4) is 0 Å². The Morgan fingerprint density at radius 3 is 2.13 bits per heavy atom. The molecule has 1 aliphatic carbocycles. The van der Waals surface area contributed by atoms with Crippen LogP contribution >= 0.6 is 7.82 Å². The van der Waals surface area contributed by atoms with Crippen molar-refractivity contribution in [2.75, 3.05) is 26.4 Å². The summed E-state index contributed by atoms with van der Waals surface area (Å²) in [4.78, 5) is 35.1. The highest BCUT2D eigenvalue weighted by atomic mass is 31.2. The minimum absolute atomic E-state index is 0.0170. The van der Waals surface area contributed by atoms with Crippen molar-refractivity contribution >= 4 is 19.6 Å². The average molecular weight is 774 g/mol. The molecular weight excluding hydrogens is 697 g/mol. The summed E-state index contributed by atoms with van der Waals surface area (Å²) in [5.41, 5.74) is 5.35. The van der Waals surface area contributed by atoms with E-state index in [1.807, 2.05) is 6.08 Å². The predicted octanol–water partition coefficient (Wildman–Crippen LogP) is 9.02. The van der Waals surface area contributed by atoms with Crippen LogP contribution in [-0.4, -0.2) is 71.5 Å². The van der Waals surface area contributed by atoms with Gasteiger partial charge in [0.05, 0.1) is 31.7 Å². The molecule has 0 aromatic carbocycles. The van der Waals surface area contributed by atoms with Crippen LogP contribution in [0, 0.1) is 11.8 Å². The first-order chi connectivity index (χ1) is 25.6. The molecule has 53 heavy (non-hydrogen) atoms. The van der Waals surface area contributed by atoms with Gasteiger partial charge in [-0.25, -0.2) is 4.57 Å². The number of carbonyl (C=O) groups excluding carboxylic acids is 2. The minimum Gasteiger partial charge on any atom is -0.498 e. The molecule has 1 saturated carbocycles. The van der Waals surface area contributed by atoms with Crippen molar-refractivity contribution < 1.29 is 47.8 Å². The first-order valence-electron chi connectivity index (χ1n) is 21.0. The van der Waals surface area contributed by atoms with Crippen molar-refractivity contribution in [3.8, 4) is 0 Å². The summed E-state index contributed by atoms with van der Waals surface area (Å²) < 4.78 is 33.1. The van der Waals surface area contributed by atoms with Crippen molar-refractivity contribution in [2.45, 2.75) is 186 Å². The maximum Gasteiger partial charge on any atom is 0.472 e. The van der Waals surface area contributed by atoms with Gasteiger partial charge < -0.3 is 30.3 Å². The second kappa shape index (κ2) is 32.6. The molecule has 1 rings (SSSR count). The monoisotopic (exact) mass is 774 g/mol. The standard InChI is InChI=1S/C41H76NO10P/c1-3-5-7-8-9-10-11-12-13-14-15-16-19-23-30-49-33-36(34-51-53(47,48)50-31-29-42)52-41(46)26-22-18-17-21-25-37-38(40(45)32-39(37)44)28-27-35(43)24-20-6-4-2/h23,27-28,30,35-39,43-44H,3-22,24-26,29,31-34,42H2,1-2H3,(H,47,48)/b28-27+,30-23+/t35-,36+,37+,38+,39-/m0/s1. The van der Waals surface area contributed by atoms with Crippen molar-refractivity contribution in [1.82, 2.24) is 0 Å². The number of carbonyl (C=O) groups is 2. The third kappa shape index (κ3) is 26.8. The number of ether oxygens (including phenoxy) is 2. The summed E-state index contributed by atoms with van der Waals surface area (Å²) in [6, 6.07) is 0. The number of aliphatic hydroxyl groups is 2. The normalized spacial score (nSPS) is 20.0. The lowest BCUT2D eigenvalue weighted by Crippen LogP contribution is -2.27. The smallest absolute Gasteiger partial charge is 0.472 e. The SMILES string of the molecule is CCCCCCCCCCCCCC/C=C/OC[C@H](COP(=O)(O)OCCN)OC(=O)CCCCCC[C@H]1[C@@H](O)CC(=O)[C@@H]1/C=C/[C@@H](O)CCCCC. The molecule has 6 atom stereocenters. The molecule has 0 heterocycles. The maximum atomic E-state index is 12.7. The predicted molar refractivity (Wildman–Crippen MR) is 211 cm³/mol. The van der Waals surface area contributed by atoms with Crippen LogP contribution in [0.1, 0.15) is 168 Å². The molecule has 1 aliphatic rings. The molecule has 11 nitrogen and oxygen atoms in total. The fourth-order valence-corrected chi connectivity index (χ4v) is 7.46. The van der Waals surface area contributed by atoms with E-state index in [2.05, 4.69) is 13.8 Å². The molecule has 310 valence electrons. The van der Waals surface area contributed by atoms with Crippen LogP contribution < -0.4 is 5.73 Å². The molecular formula is C41H76NO10P. The van der Waals surface area contributed by atoms with Crippen LogP contribution in [0.25, 0.3) is 0 Å². The van der Waals surface area contributed by atoms with E-state index in [1.54, 1.807) is 18.4 Å². The summed E-state index contributed by atoms with van der Waals surface area (Å²) in [5.74, 6) is -0.982. The second-order valence-corrected chi connectivity index (χ2v) is 16.2. The van der Waals surface area contributed by atoms with Crippen molar-refractivity contribution in [3.05, 3.63) is 24.5 Å². The molecule has 0 aromatic rings. The second-order valence-electron chi connectivity index (χ2n) is 14.7. The molecule has 0 bridgehead atoms. The zero-order valence-corrected chi connectivity index (χ0v) is 34.1. The summed E-state index contributed by atoms with van der Waals surface area (Å²) in [5, 5.41) is 20.7. The fraction of sp³-hybridized carbons (Fsp3) is 0.854. The van der Waals surface area contributed by atoms with Gasteiger partial charge in [-0.15, -0.1) is 0 Å². The Kier molecular flexibility index (Phi) is 30.4. The van der Waals surface area contributed by atoms with E-state index in [4.69, 9.17) is 24.3 Å². The number of esters is 1. The van der Waals surface area contributed by atoms with E-state index >= 15 is 0 Å². The van der Waals surface area contributed by atoms with Crippen LogP contribution in [0.5, 0.6) is 0 Å². The number of phosphoric acid groups is 1. The highest BCUT2D eigenvalue weighted by molar-refractivity contribution is 7.47. The number of hydrogen-bond acceptors (Lipinski definition) is 10. The number of Topliss-reactive ketones (excluding diaryl/α,β-unsaturated/α-hetero) is 1. The lowest BCUT2D eigenvalue weighted by molar-refractivity contribution is -0.153. The number of hydrogen-bond donors (Lipinski definition) is 4. The summed E-state index contributed by atoms with van der Waals surface area (Å²) in [7, 11) is -4.35. The lowest BCUT2D eigenvalue weighted by atomic mass is 9.88. The minimum atomic E-state index is -4.35. The molecule has 0 saturated heterocycles. The van der Waals surface area contributed by atoms with Crippen molar-refractivity contribution in [3.63, 3.8) is 0 Å². The topological polar surface area (TPSA) is 175 Å². The molecule has 12 heteroatoms. The fourth-order valence-electron chi connectivity index (χ4n) is 6.69. The number of aliphatic hydroxyl groups excluding tert-OH is 2. The van der Waals surface area contributed by atoms with Gasteiger partial charge >= 0.3 is 13.8 Å². The van der Waals surface area contributed by atoms with Crippen molar-refractivity contribution in [1.29, 1.82) is 0 Å². The summed E-state index contributed by atoms with van der Waals surface area (Å²) in [6.45, 7) is 3.86. The average Bonchev–Trinajstić information content (AvgIpc) is 3.40. The summed E-state index contributed by atoms with van der Waals surface area (Å²) >= 11 is 0. The number of phosphoric ester groups is 1. The van der Waals surface area contributed by atoms with E-state index in [0.717, 1.165) is 51.4 Å². The number of ketones is 1. The van der Waals surface area contributed by atoms with E-state index in [0.29, 0.717) is 19.3 Å². The molecule has 0 spiro atoms. The van der Waals surface area contributed by atoms with Gasteiger partial charge in [0.1, 0.15) is 12.4 Å². The Hall–Kier alpha value is -1.59. The third-order valence-electron chi connectivity index (χ3n) is 9.84. The van der Waals surface area contributed by atoms with Gasteiger partial charge in [-0.3, -0.25) is 18.6 Å². The van der Waals surface area contributed by atoms with Gasteiger partial charge in [-0.05, 0) is 44.1 Å². The zero-order chi connectivity index (χ0) is 39.0. The Bertz CT molecular complexity index is 1020. The molecule has 0 aliphatic heterocycles. The number of rotatable bonds is 36. The molecule has 0 aromatic heterocycles. The first-order valence-corrected chi connectivity index (χ1v) is 22.5. The Balaban J connectivity index is 2.37. The Morgan fingerprint density at radius 2 is 1.47 bits per heavy atom. The van der Waals surface area contributed by atoms with Gasteiger partial charge in [0, 0.05) is 25.3 Å². The van der Waals surface area contributed by atoms with E-state index in [1.165, 1.54) is 70.6 Å². The number of allylic oxidation sites excluding steroid dienone is 2. The van der Waals surface area contributed by atoms with Gasteiger partial charge in [-0.2, -0.15) is 0 Å². The quantitative estimate of drug-likeness (QED) is 0.0157.